The lowest BCUT2D eigenvalue weighted by molar-refractivity contribution is -0.127. The number of fused-ring (bicyclic) bond motifs is 2. The van der Waals surface area contributed by atoms with Crippen molar-refractivity contribution in [2.45, 2.75) is 85.4 Å². The van der Waals surface area contributed by atoms with Gasteiger partial charge in [0.25, 0.3) is 0 Å². The van der Waals surface area contributed by atoms with Gasteiger partial charge in [-0.05, 0) is 105 Å². The second kappa shape index (κ2) is 22.6. The molecule has 2 aromatic carbocycles. The van der Waals surface area contributed by atoms with Gasteiger partial charge in [-0.15, -0.1) is 0 Å². The summed E-state index contributed by atoms with van der Waals surface area (Å²) in [5.74, 6) is -0.497. The van der Waals surface area contributed by atoms with Crippen LogP contribution in [-0.4, -0.2) is 112 Å². The fourth-order valence-electron chi connectivity index (χ4n) is 11.3. The molecule has 0 aliphatic carbocycles. The van der Waals surface area contributed by atoms with Crippen LogP contribution in [0.2, 0.25) is 15.1 Å². The first-order valence-corrected chi connectivity index (χ1v) is 28.0. The minimum Gasteiger partial charge on any atom is -0.398 e. The van der Waals surface area contributed by atoms with Crippen LogP contribution in [0.4, 0.5) is 27.5 Å². The number of amides is 2. The normalized spacial score (nSPS) is 16.8. The van der Waals surface area contributed by atoms with Gasteiger partial charge in [-0.3, -0.25) is 14.6 Å². The monoisotopic (exact) mass is 1160 g/mol. The third kappa shape index (κ3) is 10.4. The highest BCUT2D eigenvalue weighted by molar-refractivity contribution is 6.37. The van der Waals surface area contributed by atoms with Crippen molar-refractivity contribution in [3.05, 3.63) is 156 Å². The Morgan fingerprint density at radius 3 is 2.02 bits per heavy atom. The van der Waals surface area contributed by atoms with Crippen LogP contribution < -0.4 is 32.6 Å². The number of carbonyl (C=O) groups is 2. The third-order valence-corrected chi connectivity index (χ3v) is 16.0. The van der Waals surface area contributed by atoms with Crippen LogP contribution in [0.1, 0.15) is 82.8 Å². The Hall–Kier alpha value is -8.26. The summed E-state index contributed by atoms with van der Waals surface area (Å²) in [5, 5.41) is 1.51. The minimum absolute atomic E-state index is 0.0245. The summed E-state index contributed by atoms with van der Waals surface area (Å²) >= 11 is 20.7. The van der Waals surface area contributed by atoms with Crippen molar-refractivity contribution < 1.29 is 14.0 Å². The zero-order chi connectivity index (χ0) is 58.7. The number of benzene rings is 2. The second-order valence-corrected chi connectivity index (χ2v) is 22.7. The van der Waals surface area contributed by atoms with Crippen LogP contribution >= 0.6 is 34.8 Å². The largest absolute Gasteiger partial charge is 0.398 e. The van der Waals surface area contributed by atoms with Crippen molar-refractivity contribution in [3.8, 4) is 33.9 Å². The number of nitrogens with two attached hydrogens (primary N) is 2. The summed E-state index contributed by atoms with van der Waals surface area (Å²) < 4.78 is 18.6. The van der Waals surface area contributed by atoms with E-state index in [1.807, 2.05) is 89.5 Å². The number of anilines is 4. The first-order valence-electron chi connectivity index (χ1n) is 26.8. The molecule has 2 saturated heterocycles. The predicted octanol–water partition coefficient (Wildman–Crippen LogP) is 10.2. The Bertz CT molecular complexity index is 4060. The maximum absolute atomic E-state index is 15.7. The van der Waals surface area contributed by atoms with Crippen molar-refractivity contribution in [1.29, 1.82) is 0 Å². The molecule has 2 aliphatic rings. The summed E-state index contributed by atoms with van der Waals surface area (Å²) in [6.45, 7) is 20.8. The molecule has 2 fully saturated rings. The fraction of sp³-hybridized carbons (Fsp3) is 0.300. The quantitative estimate of drug-likeness (QED) is 0.0909. The Morgan fingerprint density at radius 2 is 1.35 bits per heavy atom. The van der Waals surface area contributed by atoms with Crippen LogP contribution in [-0.2, 0) is 9.59 Å². The molecule has 0 spiro atoms. The van der Waals surface area contributed by atoms with Crippen LogP contribution in [0.3, 0.4) is 0 Å². The zero-order valence-corrected chi connectivity index (χ0v) is 48.7. The molecule has 2 aliphatic heterocycles. The molecule has 422 valence electrons. The van der Waals surface area contributed by atoms with Gasteiger partial charge in [-0.25, -0.2) is 38.1 Å². The van der Waals surface area contributed by atoms with Crippen molar-refractivity contribution in [3.63, 3.8) is 0 Å². The molecule has 82 heavy (non-hydrogen) atoms. The number of hydrogen-bond donors (Lipinski definition) is 2. The maximum atomic E-state index is 15.7. The van der Waals surface area contributed by atoms with Crippen molar-refractivity contribution in [2.75, 3.05) is 54.0 Å². The Labute approximate surface area is 487 Å². The molecule has 0 unspecified atom stereocenters. The minimum atomic E-state index is -0.683. The first-order chi connectivity index (χ1) is 39.1. The molecule has 8 aromatic rings. The Morgan fingerprint density at radius 1 is 0.720 bits per heavy atom. The number of aryl methyl sites for hydroxylation is 1. The smallest absolute Gasteiger partial charge is 0.355 e. The van der Waals surface area contributed by atoms with E-state index in [0.29, 0.717) is 87.3 Å². The molecule has 3 atom stereocenters. The predicted molar refractivity (Wildman–Crippen MR) is 324 cm³/mol. The van der Waals surface area contributed by atoms with E-state index >= 15 is 4.39 Å². The number of halogens is 4. The molecule has 10 rings (SSSR count). The molecule has 0 bridgehead atoms. The number of nitrogen functional groups attached to an aromatic ring is 2. The zero-order valence-electron chi connectivity index (χ0n) is 46.5. The van der Waals surface area contributed by atoms with Gasteiger partial charge in [0, 0.05) is 74.4 Å². The highest BCUT2D eigenvalue weighted by atomic mass is 35.5. The average Bonchev–Trinajstić information content (AvgIpc) is 2.55. The summed E-state index contributed by atoms with van der Waals surface area (Å²) in [6.07, 6.45) is 5.80. The molecule has 18 nitrogen and oxygen atoms in total. The molecule has 22 heteroatoms. The summed E-state index contributed by atoms with van der Waals surface area (Å²) in [7, 11) is 0. The highest BCUT2D eigenvalue weighted by Crippen LogP contribution is 2.41. The van der Waals surface area contributed by atoms with E-state index in [2.05, 4.69) is 11.6 Å². The standard InChI is InChI=1S/C60H60Cl3FN14O4/c1-10-48(79)74-28-34(8)76(35(9)29-74)58-40-24-42(62)53(50-44(64)15-13-16-45(50)65)70-57(40)78(60(82)72-58)54-32(6)22-36(68-51(54)31(4)5)18-19-49(80)73-20-21-75(33(7)27-73)55-39-23-41(61)52(38-25-47(66)67-26-43(38)63)69-56(39)77(59(81)71-55)46-17-12-11-14-37(46)30(2)3/h10-19,22-26,30-31,33-35H,1,20-21,27-29,65H2,2-9H3,(H2,66,67)/b19-18-/t33-,34-,35-/m0/s1. The fourth-order valence-corrected chi connectivity index (χ4v) is 12.0. The van der Waals surface area contributed by atoms with Gasteiger partial charge in [0.1, 0.15) is 23.3 Å². The molecule has 2 amide bonds. The topological polar surface area (TPSA) is 220 Å². The van der Waals surface area contributed by atoms with E-state index in [-0.39, 0.29) is 98.3 Å². The molecule has 4 N–H and O–H groups in total. The van der Waals surface area contributed by atoms with E-state index in [1.54, 1.807) is 46.2 Å². The maximum Gasteiger partial charge on any atom is 0.355 e. The molecular weight excluding hydrogens is 1110 g/mol. The van der Waals surface area contributed by atoms with Crippen molar-refractivity contribution >= 4 is 97.9 Å². The lowest BCUT2D eigenvalue weighted by Gasteiger charge is -2.45. The van der Waals surface area contributed by atoms with Crippen LogP contribution in [0, 0.1) is 12.7 Å². The SMILES string of the molecule is C=CC(=O)N1C[C@H](C)N(c2nc(=O)n(-c3c(C)cc(/C=C\C(=O)N4CCN(c5nc(=O)n(-c6ccccc6C(C)C)c6nc(-c7cc(N)ncc7Cl)c(Cl)cc56)[C@@H](C)C4)nc3C(C)C)c3nc(-c4c(N)cccc4F)c(Cl)cc23)[C@@H](C)C1. The first kappa shape index (κ1) is 57.0. The van der Waals surface area contributed by atoms with E-state index < -0.39 is 17.2 Å². The summed E-state index contributed by atoms with van der Waals surface area (Å²) in [5.41, 5.74) is 16.0. The number of piperazine rings is 2. The lowest BCUT2D eigenvalue weighted by atomic mass is 10.0. The number of aromatic nitrogens is 8. The van der Waals surface area contributed by atoms with Crippen LogP contribution in [0.5, 0.6) is 0 Å². The van der Waals surface area contributed by atoms with Crippen molar-refractivity contribution in [2.24, 2.45) is 0 Å². The highest BCUT2D eigenvalue weighted by Gasteiger charge is 2.36. The number of hydrogen-bond acceptors (Lipinski definition) is 14. The van der Waals surface area contributed by atoms with E-state index in [0.717, 1.165) is 5.56 Å². The third-order valence-electron chi connectivity index (χ3n) is 15.1. The summed E-state index contributed by atoms with van der Waals surface area (Å²) in [4.78, 5) is 92.3. The van der Waals surface area contributed by atoms with Gasteiger partial charge in [0.2, 0.25) is 11.8 Å². The average molecular weight is 1170 g/mol. The Balaban J connectivity index is 0.991. The Kier molecular flexibility index (Phi) is 15.7. The molecule has 0 saturated carbocycles. The lowest BCUT2D eigenvalue weighted by Crippen LogP contribution is -2.58. The van der Waals surface area contributed by atoms with Gasteiger partial charge < -0.3 is 31.1 Å². The number of pyridine rings is 4. The van der Waals surface area contributed by atoms with E-state index in [1.165, 1.54) is 39.6 Å². The number of carbonyl (C=O) groups excluding carboxylic acids is 2. The van der Waals surface area contributed by atoms with Gasteiger partial charge in [-0.1, -0.05) is 93.3 Å². The number of rotatable bonds is 11. The molecule has 0 radical (unpaired) electrons. The second-order valence-electron chi connectivity index (χ2n) is 21.5. The van der Waals surface area contributed by atoms with Gasteiger partial charge in [0.05, 0.1) is 65.6 Å². The number of para-hydroxylation sites is 1. The van der Waals surface area contributed by atoms with E-state index in [4.69, 9.17) is 71.2 Å². The summed E-state index contributed by atoms with van der Waals surface area (Å²) in [6, 6.07) is 17.7. The molecular formula is C60H60Cl3FN14O4. The van der Waals surface area contributed by atoms with Crippen LogP contribution in [0.25, 0.3) is 62.0 Å². The van der Waals surface area contributed by atoms with Crippen LogP contribution in [0.15, 0.2) is 101 Å². The molecule has 6 aromatic heterocycles. The molecule has 8 heterocycles. The van der Waals surface area contributed by atoms with Crippen molar-refractivity contribution in [1.82, 2.24) is 48.8 Å². The van der Waals surface area contributed by atoms with Gasteiger partial charge in [-0.2, -0.15) is 9.97 Å². The number of nitrogens with zero attached hydrogens (tertiary/aromatic N) is 12. The van der Waals surface area contributed by atoms with Gasteiger partial charge in [0.15, 0.2) is 11.3 Å². The van der Waals surface area contributed by atoms with Gasteiger partial charge >= 0.3 is 11.4 Å². The van der Waals surface area contributed by atoms with E-state index in [9.17, 15) is 19.2 Å².